The molecule has 1 saturated heterocycles. The van der Waals surface area contributed by atoms with Crippen LogP contribution in [0.5, 0.6) is 0 Å². The van der Waals surface area contributed by atoms with Crippen LogP contribution in [0, 0.1) is 17.0 Å². The minimum Gasteiger partial charge on any atom is -0.466 e. The highest BCUT2D eigenvalue weighted by atomic mass is 19.1. The second-order valence-electron chi connectivity index (χ2n) is 7.98. The third-order valence-electron chi connectivity index (χ3n) is 5.73. The molecule has 1 aliphatic rings. The van der Waals surface area contributed by atoms with E-state index in [1.807, 2.05) is 0 Å². The van der Waals surface area contributed by atoms with Crippen LogP contribution in [0.2, 0.25) is 0 Å². The van der Waals surface area contributed by atoms with Gasteiger partial charge in [-0.2, -0.15) is 10.1 Å². The summed E-state index contributed by atoms with van der Waals surface area (Å²) in [6.07, 6.45) is 5.73. The molecule has 10 heteroatoms. The zero-order valence-electron chi connectivity index (χ0n) is 17.6. The number of hydrogen-bond donors (Lipinski definition) is 0. The van der Waals surface area contributed by atoms with E-state index in [2.05, 4.69) is 15.1 Å². The molecule has 1 unspecified atom stereocenters. The van der Waals surface area contributed by atoms with Crippen molar-refractivity contribution in [2.45, 2.75) is 32.6 Å². The number of nitrogens with zero attached hydrogens (tertiary/aromatic N) is 5. The standard InChI is InChI=1S/C22H23F2N5O3/c1-2-32-20(31)22(10-16-4-5-17(23)9-18(16)24)6-3-7-28(13-22)19(30)8-15-11-25-21-26-14-27-29(21)12-15/h4-5,9,11-12,14H,2-3,6-8,10,13H2,1H3. The summed E-state index contributed by atoms with van der Waals surface area (Å²) in [5, 5.41) is 4.02. The first-order valence-corrected chi connectivity index (χ1v) is 10.4. The van der Waals surface area contributed by atoms with Crippen molar-refractivity contribution in [3.8, 4) is 0 Å². The van der Waals surface area contributed by atoms with Crippen LogP contribution in [-0.2, 0) is 27.2 Å². The van der Waals surface area contributed by atoms with Gasteiger partial charge >= 0.3 is 5.97 Å². The van der Waals surface area contributed by atoms with Gasteiger partial charge in [0.15, 0.2) is 0 Å². The molecule has 1 atom stereocenters. The fraction of sp³-hybridized carbons (Fsp3) is 0.409. The van der Waals surface area contributed by atoms with Crippen LogP contribution in [0.1, 0.15) is 30.9 Å². The Hall–Kier alpha value is -3.43. The maximum atomic E-state index is 14.4. The first-order chi connectivity index (χ1) is 15.4. The van der Waals surface area contributed by atoms with Crippen molar-refractivity contribution < 1.29 is 23.1 Å². The molecule has 2 aromatic heterocycles. The predicted octanol–water partition coefficient (Wildman–Crippen LogP) is 2.36. The molecule has 0 spiro atoms. The van der Waals surface area contributed by atoms with Gasteiger partial charge in [0.2, 0.25) is 5.91 Å². The molecule has 0 bridgehead atoms. The second kappa shape index (κ2) is 8.97. The quantitative estimate of drug-likeness (QED) is 0.544. The normalized spacial score (nSPS) is 18.7. The molecule has 0 aliphatic carbocycles. The van der Waals surface area contributed by atoms with Crippen molar-refractivity contribution in [2.24, 2.45) is 5.41 Å². The highest BCUT2D eigenvalue weighted by Gasteiger charge is 2.45. The van der Waals surface area contributed by atoms with Gasteiger partial charge in [-0.05, 0) is 43.4 Å². The Labute approximate surface area is 183 Å². The van der Waals surface area contributed by atoms with Crippen molar-refractivity contribution in [2.75, 3.05) is 19.7 Å². The zero-order valence-corrected chi connectivity index (χ0v) is 17.6. The number of rotatable bonds is 6. The maximum absolute atomic E-state index is 14.4. The van der Waals surface area contributed by atoms with E-state index < -0.39 is 23.0 Å². The summed E-state index contributed by atoms with van der Waals surface area (Å²) >= 11 is 0. The molecular weight excluding hydrogens is 420 g/mol. The summed E-state index contributed by atoms with van der Waals surface area (Å²) in [5.74, 6) is -1.63. The van der Waals surface area contributed by atoms with E-state index >= 15 is 0 Å². The van der Waals surface area contributed by atoms with Crippen molar-refractivity contribution in [1.82, 2.24) is 24.5 Å². The minimum atomic E-state index is -1.10. The number of amides is 1. The van der Waals surface area contributed by atoms with Crippen LogP contribution < -0.4 is 0 Å². The first kappa shape index (κ1) is 21.8. The van der Waals surface area contributed by atoms with Gasteiger partial charge in [0.1, 0.15) is 18.0 Å². The number of carbonyl (C=O) groups is 2. The average molecular weight is 443 g/mol. The van der Waals surface area contributed by atoms with Crippen LogP contribution in [-0.4, -0.2) is 56.1 Å². The van der Waals surface area contributed by atoms with Gasteiger partial charge in [0, 0.05) is 31.5 Å². The van der Waals surface area contributed by atoms with Gasteiger partial charge in [0.25, 0.3) is 5.78 Å². The summed E-state index contributed by atoms with van der Waals surface area (Å²) in [7, 11) is 0. The molecule has 0 saturated carbocycles. The van der Waals surface area contributed by atoms with Crippen LogP contribution in [0.15, 0.2) is 36.9 Å². The number of halogens is 2. The van der Waals surface area contributed by atoms with Crippen LogP contribution >= 0.6 is 0 Å². The Morgan fingerprint density at radius 1 is 1.25 bits per heavy atom. The third-order valence-corrected chi connectivity index (χ3v) is 5.73. The summed E-state index contributed by atoms with van der Waals surface area (Å²) in [5.41, 5.74) is -0.226. The molecule has 3 heterocycles. The Bertz CT molecular complexity index is 1150. The molecule has 3 aromatic rings. The largest absolute Gasteiger partial charge is 0.466 e. The fourth-order valence-electron chi connectivity index (χ4n) is 4.18. The molecule has 8 nitrogen and oxygen atoms in total. The zero-order chi connectivity index (χ0) is 22.7. The van der Waals surface area contributed by atoms with Gasteiger partial charge in [-0.3, -0.25) is 9.59 Å². The fourth-order valence-corrected chi connectivity index (χ4v) is 4.18. The minimum absolute atomic E-state index is 0.0220. The molecule has 1 aliphatic heterocycles. The van der Waals surface area contributed by atoms with E-state index in [0.717, 1.165) is 12.1 Å². The highest BCUT2D eigenvalue weighted by Crippen LogP contribution is 2.36. The Kier molecular flexibility index (Phi) is 6.11. The van der Waals surface area contributed by atoms with E-state index in [0.29, 0.717) is 30.7 Å². The first-order valence-electron chi connectivity index (χ1n) is 10.4. The number of likely N-dealkylation sites (tertiary alicyclic amines) is 1. The average Bonchev–Trinajstić information content (AvgIpc) is 3.24. The molecule has 1 aromatic carbocycles. The Balaban J connectivity index is 1.55. The molecule has 168 valence electrons. The van der Waals surface area contributed by atoms with Crippen LogP contribution in [0.4, 0.5) is 8.78 Å². The predicted molar refractivity (Wildman–Crippen MR) is 109 cm³/mol. The lowest BCUT2D eigenvalue weighted by molar-refractivity contribution is -0.160. The number of piperidine rings is 1. The molecule has 1 amide bonds. The monoisotopic (exact) mass is 443 g/mol. The molecule has 32 heavy (non-hydrogen) atoms. The van der Waals surface area contributed by atoms with Gasteiger partial charge in [-0.15, -0.1) is 0 Å². The van der Waals surface area contributed by atoms with Crippen molar-refractivity contribution in [3.05, 3.63) is 59.7 Å². The SMILES string of the molecule is CCOC(=O)C1(Cc2ccc(F)cc2F)CCCN(C(=O)Cc2cnc3ncnn3c2)C1. The maximum Gasteiger partial charge on any atom is 0.314 e. The van der Waals surface area contributed by atoms with Gasteiger partial charge in [-0.25, -0.2) is 18.3 Å². The topological polar surface area (TPSA) is 89.7 Å². The molecule has 0 radical (unpaired) electrons. The third kappa shape index (κ3) is 4.44. The summed E-state index contributed by atoms with van der Waals surface area (Å²) in [6.45, 7) is 2.44. The van der Waals surface area contributed by atoms with Crippen LogP contribution in [0.25, 0.3) is 5.78 Å². The molecule has 4 rings (SSSR count). The number of esters is 1. The molecular formula is C22H23F2N5O3. The van der Waals surface area contributed by atoms with E-state index in [-0.39, 0.29) is 37.5 Å². The summed E-state index contributed by atoms with van der Waals surface area (Å²) in [6, 6.07) is 3.30. The lowest BCUT2D eigenvalue weighted by Gasteiger charge is -2.41. The Morgan fingerprint density at radius 3 is 2.88 bits per heavy atom. The number of aromatic nitrogens is 4. The number of hydrogen-bond acceptors (Lipinski definition) is 6. The van der Waals surface area contributed by atoms with Crippen molar-refractivity contribution in [3.63, 3.8) is 0 Å². The van der Waals surface area contributed by atoms with Gasteiger partial charge in [0.05, 0.1) is 18.4 Å². The van der Waals surface area contributed by atoms with Gasteiger partial charge in [-0.1, -0.05) is 6.07 Å². The molecule has 0 N–H and O–H groups in total. The number of benzene rings is 1. The van der Waals surface area contributed by atoms with Crippen molar-refractivity contribution in [1.29, 1.82) is 0 Å². The Morgan fingerprint density at radius 2 is 2.09 bits per heavy atom. The smallest absolute Gasteiger partial charge is 0.314 e. The van der Waals surface area contributed by atoms with E-state index in [4.69, 9.17) is 4.74 Å². The lowest BCUT2D eigenvalue weighted by atomic mass is 9.74. The van der Waals surface area contributed by atoms with E-state index in [1.54, 1.807) is 24.2 Å². The summed E-state index contributed by atoms with van der Waals surface area (Å²) in [4.78, 5) is 35.8. The molecule has 1 fully saturated rings. The lowest BCUT2D eigenvalue weighted by Crippen LogP contribution is -2.52. The number of ether oxygens (including phenoxy) is 1. The number of fused-ring (bicyclic) bond motifs is 1. The highest BCUT2D eigenvalue weighted by molar-refractivity contribution is 5.82. The van der Waals surface area contributed by atoms with Crippen molar-refractivity contribution >= 4 is 17.7 Å². The van der Waals surface area contributed by atoms with Gasteiger partial charge < -0.3 is 9.64 Å². The second-order valence-corrected chi connectivity index (χ2v) is 7.98. The summed E-state index contributed by atoms with van der Waals surface area (Å²) < 4.78 is 34.5. The van der Waals surface area contributed by atoms with Crippen LogP contribution in [0.3, 0.4) is 0 Å². The number of carbonyl (C=O) groups excluding carboxylic acids is 2. The van der Waals surface area contributed by atoms with E-state index in [1.165, 1.54) is 16.9 Å². The van der Waals surface area contributed by atoms with E-state index in [9.17, 15) is 18.4 Å².